The average Bonchev–Trinajstić information content (AvgIpc) is 2.34. The lowest BCUT2D eigenvalue weighted by molar-refractivity contribution is 0.0363. The van der Waals surface area contributed by atoms with Crippen molar-refractivity contribution in [3.8, 4) is 0 Å². The molecular weight excluding hydrogens is 130 g/mol. The lowest BCUT2D eigenvalue weighted by Gasteiger charge is -2.16. The molecule has 2 heterocycles. The number of ether oxygens (including phenoxy) is 1. The molecule has 3 heteroatoms. The van der Waals surface area contributed by atoms with Gasteiger partial charge in [-0.2, -0.15) is 0 Å². The van der Waals surface area contributed by atoms with Gasteiger partial charge in [-0.3, -0.25) is 10.3 Å². The van der Waals surface area contributed by atoms with Crippen LogP contribution < -0.4 is 5.48 Å². The smallest absolute Gasteiger partial charge is 0.105 e. The zero-order valence-corrected chi connectivity index (χ0v) is 5.96. The second-order valence-corrected chi connectivity index (χ2v) is 2.76. The van der Waals surface area contributed by atoms with Crippen LogP contribution in [0.2, 0.25) is 0 Å². The van der Waals surface area contributed by atoms with Crippen molar-refractivity contribution in [2.24, 2.45) is 5.92 Å². The molecule has 0 spiro atoms. The lowest BCUT2D eigenvalue weighted by Crippen LogP contribution is -2.17. The summed E-state index contributed by atoms with van der Waals surface area (Å²) in [4.78, 5) is 5.20. The van der Waals surface area contributed by atoms with Gasteiger partial charge in [-0.15, -0.1) is 0 Å². The third kappa shape index (κ3) is 0.778. The van der Waals surface area contributed by atoms with Crippen LogP contribution in [0.4, 0.5) is 0 Å². The molecule has 2 aliphatic heterocycles. The van der Waals surface area contributed by atoms with E-state index in [4.69, 9.17) is 9.57 Å². The molecule has 0 aromatic carbocycles. The van der Waals surface area contributed by atoms with Crippen LogP contribution in [0.1, 0.15) is 13.3 Å². The fraction of sp³-hybridized carbons (Fsp3) is 0.714. The minimum absolute atomic E-state index is 0.301. The van der Waals surface area contributed by atoms with Crippen molar-refractivity contribution in [3.05, 3.63) is 12.0 Å². The Morgan fingerprint density at radius 1 is 1.70 bits per heavy atom. The van der Waals surface area contributed by atoms with E-state index >= 15 is 0 Å². The Balaban J connectivity index is 2.17. The van der Waals surface area contributed by atoms with Gasteiger partial charge >= 0.3 is 0 Å². The summed E-state index contributed by atoms with van der Waals surface area (Å²) in [6, 6.07) is 0. The van der Waals surface area contributed by atoms with Crippen LogP contribution in [0.15, 0.2) is 12.0 Å². The van der Waals surface area contributed by atoms with Crippen LogP contribution in [-0.2, 0) is 9.57 Å². The van der Waals surface area contributed by atoms with Crippen molar-refractivity contribution in [2.45, 2.75) is 19.4 Å². The molecule has 56 valence electrons. The van der Waals surface area contributed by atoms with Crippen molar-refractivity contribution >= 4 is 0 Å². The molecule has 1 N–H and O–H groups in total. The normalized spacial score (nSPS) is 37.5. The number of nitrogens with one attached hydrogen (secondary N) is 1. The topological polar surface area (TPSA) is 30.5 Å². The molecule has 0 amide bonds. The third-order valence-corrected chi connectivity index (χ3v) is 2.09. The van der Waals surface area contributed by atoms with Crippen molar-refractivity contribution in [1.82, 2.24) is 5.48 Å². The van der Waals surface area contributed by atoms with Crippen LogP contribution in [-0.4, -0.2) is 12.7 Å². The second-order valence-electron chi connectivity index (χ2n) is 2.76. The van der Waals surface area contributed by atoms with Crippen LogP contribution >= 0.6 is 0 Å². The monoisotopic (exact) mass is 141 g/mol. The predicted octanol–water partition coefficient (Wildman–Crippen LogP) is 0.788. The highest BCUT2D eigenvalue weighted by Crippen LogP contribution is 2.28. The molecule has 2 aliphatic rings. The molecule has 3 nitrogen and oxygen atoms in total. The zero-order valence-electron chi connectivity index (χ0n) is 5.96. The van der Waals surface area contributed by atoms with Crippen molar-refractivity contribution in [1.29, 1.82) is 0 Å². The summed E-state index contributed by atoms with van der Waals surface area (Å²) in [6.07, 6.45) is 3.13. The van der Waals surface area contributed by atoms with Gasteiger partial charge in [0.25, 0.3) is 0 Å². The Labute approximate surface area is 60.0 Å². The van der Waals surface area contributed by atoms with E-state index in [2.05, 4.69) is 12.4 Å². The number of hydrogen-bond donors (Lipinski definition) is 1. The fourth-order valence-corrected chi connectivity index (χ4v) is 1.42. The maximum absolute atomic E-state index is 5.20. The lowest BCUT2D eigenvalue weighted by atomic mass is 9.97. The molecule has 0 aromatic rings. The van der Waals surface area contributed by atoms with E-state index < -0.39 is 0 Å². The Hall–Kier alpha value is -0.700. The Morgan fingerprint density at radius 2 is 2.60 bits per heavy atom. The van der Waals surface area contributed by atoms with Crippen LogP contribution in [0.5, 0.6) is 0 Å². The minimum atomic E-state index is 0.301. The van der Waals surface area contributed by atoms with E-state index in [9.17, 15) is 0 Å². The van der Waals surface area contributed by atoms with E-state index in [1.807, 2.05) is 0 Å². The van der Waals surface area contributed by atoms with Gasteiger partial charge in [-0.05, 0) is 13.3 Å². The van der Waals surface area contributed by atoms with Gasteiger partial charge < -0.3 is 4.74 Å². The number of hydrogen-bond acceptors (Lipinski definition) is 3. The number of hydroxylamine groups is 1. The predicted molar refractivity (Wildman–Crippen MR) is 35.8 cm³/mol. The van der Waals surface area contributed by atoms with Gasteiger partial charge in [0.2, 0.25) is 0 Å². The Morgan fingerprint density at radius 3 is 3.40 bits per heavy atom. The quantitative estimate of drug-likeness (QED) is 0.541. The highest BCUT2D eigenvalue weighted by molar-refractivity contribution is 5.07. The van der Waals surface area contributed by atoms with Gasteiger partial charge in [-0.25, -0.2) is 0 Å². The highest BCUT2D eigenvalue weighted by Gasteiger charge is 2.31. The van der Waals surface area contributed by atoms with Gasteiger partial charge in [0.05, 0.1) is 18.4 Å². The fourth-order valence-electron chi connectivity index (χ4n) is 1.42. The molecule has 0 bridgehead atoms. The highest BCUT2D eigenvalue weighted by atomic mass is 16.7. The summed E-state index contributed by atoms with van der Waals surface area (Å²) in [5.41, 5.74) is 3.94. The van der Waals surface area contributed by atoms with Crippen LogP contribution in [0, 0.1) is 5.92 Å². The number of rotatable bonds is 0. The molecule has 2 rings (SSSR count). The Bertz CT molecular complexity index is 167. The molecule has 2 atom stereocenters. The van der Waals surface area contributed by atoms with E-state index in [0.29, 0.717) is 12.0 Å². The van der Waals surface area contributed by atoms with Gasteiger partial charge in [-0.1, -0.05) is 0 Å². The molecule has 0 saturated carbocycles. The molecule has 0 radical (unpaired) electrons. The average molecular weight is 141 g/mol. The van der Waals surface area contributed by atoms with E-state index in [0.717, 1.165) is 18.7 Å². The SMILES string of the molecule is C[C@@H]1ONC2=COCC[C@H]21. The molecule has 0 aromatic heterocycles. The first kappa shape index (κ1) is 6.04. The van der Waals surface area contributed by atoms with Gasteiger partial charge in [0.15, 0.2) is 0 Å². The molecule has 10 heavy (non-hydrogen) atoms. The molecule has 0 aliphatic carbocycles. The first-order valence-electron chi connectivity index (χ1n) is 3.61. The maximum Gasteiger partial charge on any atom is 0.105 e. The van der Waals surface area contributed by atoms with E-state index in [1.165, 1.54) is 0 Å². The zero-order chi connectivity index (χ0) is 6.97. The largest absolute Gasteiger partial charge is 0.499 e. The van der Waals surface area contributed by atoms with Crippen LogP contribution in [0.25, 0.3) is 0 Å². The molecule has 0 unspecified atom stereocenters. The molecular formula is C7H11NO2. The van der Waals surface area contributed by atoms with E-state index in [1.54, 1.807) is 6.26 Å². The third-order valence-electron chi connectivity index (χ3n) is 2.09. The first-order valence-corrected chi connectivity index (χ1v) is 3.61. The molecule has 1 fully saturated rings. The Kier molecular flexibility index (Phi) is 1.31. The maximum atomic E-state index is 5.20. The summed E-state index contributed by atoms with van der Waals surface area (Å²) >= 11 is 0. The van der Waals surface area contributed by atoms with Gasteiger partial charge in [0.1, 0.15) is 6.26 Å². The van der Waals surface area contributed by atoms with Crippen LogP contribution in [0.3, 0.4) is 0 Å². The summed E-state index contributed by atoms with van der Waals surface area (Å²) in [6.45, 7) is 2.90. The number of fused-ring (bicyclic) bond motifs is 1. The van der Waals surface area contributed by atoms with E-state index in [-0.39, 0.29) is 0 Å². The van der Waals surface area contributed by atoms with Crippen molar-refractivity contribution in [3.63, 3.8) is 0 Å². The summed E-state index contributed by atoms with van der Waals surface area (Å²) < 4.78 is 5.13. The van der Waals surface area contributed by atoms with Crippen molar-refractivity contribution < 1.29 is 9.57 Å². The summed E-state index contributed by atoms with van der Waals surface area (Å²) in [5, 5.41) is 0. The standard InChI is InChI=1S/C7H11NO2/c1-5-6-2-3-9-4-7(6)8-10-5/h4-6,8H,2-3H2,1H3/t5-,6-/m0/s1. The summed E-state index contributed by atoms with van der Waals surface area (Å²) in [7, 11) is 0. The van der Waals surface area contributed by atoms with Gasteiger partial charge in [0, 0.05) is 5.92 Å². The first-order chi connectivity index (χ1) is 4.88. The minimum Gasteiger partial charge on any atom is -0.499 e. The summed E-state index contributed by atoms with van der Waals surface area (Å²) in [5.74, 6) is 0.536. The van der Waals surface area contributed by atoms with Crippen molar-refractivity contribution in [2.75, 3.05) is 6.61 Å². The second kappa shape index (κ2) is 2.16. The molecule has 1 saturated heterocycles.